The molecule has 2 N–H and O–H groups in total. The van der Waals surface area contributed by atoms with Crippen molar-refractivity contribution in [2.24, 2.45) is 5.92 Å². The van der Waals surface area contributed by atoms with Gasteiger partial charge in [-0.25, -0.2) is 0 Å². The Morgan fingerprint density at radius 2 is 1.71 bits per heavy atom. The van der Waals surface area contributed by atoms with Crippen molar-refractivity contribution in [2.45, 2.75) is 46.5 Å². The van der Waals surface area contributed by atoms with Gasteiger partial charge in [0.2, 0.25) is 0 Å². The van der Waals surface area contributed by atoms with Gasteiger partial charge in [-0.3, -0.25) is 9.59 Å². The Morgan fingerprint density at radius 1 is 1.21 bits per heavy atom. The van der Waals surface area contributed by atoms with E-state index in [1.165, 1.54) is 0 Å². The lowest BCUT2D eigenvalue weighted by atomic mass is 9.99. The summed E-state index contributed by atoms with van der Waals surface area (Å²) in [5.41, 5.74) is 0. The zero-order valence-electron chi connectivity index (χ0n) is 9.12. The van der Waals surface area contributed by atoms with Crippen LogP contribution in [0.3, 0.4) is 0 Å². The molecule has 0 amide bonds. The number of hydrogen-bond donors (Lipinski definition) is 2. The van der Waals surface area contributed by atoms with Gasteiger partial charge in [0.15, 0.2) is 0 Å². The summed E-state index contributed by atoms with van der Waals surface area (Å²) in [6.07, 6.45) is 1.85. The van der Waals surface area contributed by atoms with Crippen LogP contribution in [0.1, 0.15) is 46.5 Å². The van der Waals surface area contributed by atoms with Crippen molar-refractivity contribution >= 4 is 11.9 Å². The predicted molar refractivity (Wildman–Crippen MR) is 54.3 cm³/mol. The molecule has 0 aliphatic heterocycles. The lowest BCUT2D eigenvalue weighted by molar-refractivity contribution is -0.148. The molecular weight excluding hydrogens is 184 g/mol. The summed E-state index contributed by atoms with van der Waals surface area (Å²) in [6, 6.07) is 0. The van der Waals surface area contributed by atoms with E-state index in [4.69, 9.17) is 10.2 Å². The molecule has 0 aliphatic carbocycles. The van der Waals surface area contributed by atoms with Crippen LogP contribution in [-0.2, 0) is 9.59 Å². The molecule has 0 spiro atoms. The molecule has 0 aromatic carbocycles. The second-order valence-corrected chi connectivity index (χ2v) is 2.78. The molecule has 4 nitrogen and oxygen atoms in total. The monoisotopic (exact) mass is 204 g/mol. The van der Waals surface area contributed by atoms with Gasteiger partial charge in [-0.2, -0.15) is 0 Å². The van der Waals surface area contributed by atoms with Crippen LogP contribution >= 0.6 is 0 Å². The number of hydrogen-bond acceptors (Lipinski definition) is 2. The molecule has 0 radical (unpaired) electrons. The maximum absolute atomic E-state index is 10.5. The average molecular weight is 204 g/mol. The van der Waals surface area contributed by atoms with Gasteiger partial charge in [-0.15, -0.1) is 0 Å². The second kappa shape index (κ2) is 10.0. The largest absolute Gasteiger partial charge is 0.481 e. The van der Waals surface area contributed by atoms with Gasteiger partial charge < -0.3 is 10.2 Å². The normalized spacial score (nSPS) is 11.1. The Labute approximate surface area is 84.9 Å². The minimum Gasteiger partial charge on any atom is -0.481 e. The van der Waals surface area contributed by atoms with Gasteiger partial charge in [0.25, 0.3) is 0 Å². The van der Waals surface area contributed by atoms with Crippen LogP contribution in [0.15, 0.2) is 0 Å². The van der Waals surface area contributed by atoms with Crippen molar-refractivity contribution in [3.05, 3.63) is 0 Å². The fourth-order valence-electron chi connectivity index (χ4n) is 0.974. The summed E-state index contributed by atoms with van der Waals surface area (Å²) in [6.45, 7) is 5.94. The van der Waals surface area contributed by atoms with Crippen LogP contribution < -0.4 is 0 Å². The van der Waals surface area contributed by atoms with Crippen molar-refractivity contribution < 1.29 is 19.8 Å². The van der Waals surface area contributed by atoms with Crippen LogP contribution in [0.5, 0.6) is 0 Å². The number of carboxylic acid groups (broad SMARTS) is 2. The van der Waals surface area contributed by atoms with Crippen molar-refractivity contribution in [3.63, 3.8) is 0 Å². The molecule has 0 fully saturated rings. The van der Waals surface area contributed by atoms with E-state index in [9.17, 15) is 9.59 Å². The van der Waals surface area contributed by atoms with Crippen molar-refractivity contribution in [2.75, 3.05) is 0 Å². The summed E-state index contributed by atoms with van der Waals surface area (Å²) in [4.78, 5) is 20.7. The third kappa shape index (κ3) is 9.03. The van der Waals surface area contributed by atoms with E-state index in [1.807, 2.05) is 20.8 Å². The molecule has 0 bridgehead atoms. The molecule has 0 rings (SSSR count). The van der Waals surface area contributed by atoms with Gasteiger partial charge in [-0.1, -0.05) is 33.6 Å². The van der Waals surface area contributed by atoms with E-state index in [-0.39, 0.29) is 6.42 Å². The van der Waals surface area contributed by atoms with Gasteiger partial charge >= 0.3 is 11.9 Å². The van der Waals surface area contributed by atoms with Crippen LogP contribution in [0.2, 0.25) is 0 Å². The summed E-state index contributed by atoms with van der Waals surface area (Å²) in [5, 5.41) is 17.0. The predicted octanol–water partition coefficient (Wildman–Crippen LogP) is 2.38. The Hall–Kier alpha value is -1.06. The molecule has 0 aromatic rings. The first-order valence-corrected chi connectivity index (χ1v) is 5.02. The summed E-state index contributed by atoms with van der Waals surface area (Å²) < 4.78 is 0. The van der Waals surface area contributed by atoms with Crippen molar-refractivity contribution in [1.29, 1.82) is 0 Å². The SMILES string of the molecule is CC.CCCCC(CC(=O)O)C(=O)O. The highest BCUT2D eigenvalue weighted by Crippen LogP contribution is 2.12. The lowest BCUT2D eigenvalue weighted by Gasteiger charge is -2.07. The van der Waals surface area contributed by atoms with Crippen molar-refractivity contribution in [1.82, 2.24) is 0 Å². The Balaban J connectivity index is 0. The van der Waals surface area contributed by atoms with Crippen molar-refractivity contribution in [3.8, 4) is 0 Å². The first kappa shape index (κ1) is 15.4. The standard InChI is InChI=1S/C8H14O4.C2H6/c1-2-3-4-6(8(11)12)5-7(9)10;1-2/h6H,2-5H2,1H3,(H,9,10)(H,11,12);1-2H3. The quantitative estimate of drug-likeness (QED) is 0.696. The molecule has 0 heterocycles. The number of carboxylic acids is 2. The fourth-order valence-corrected chi connectivity index (χ4v) is 0.974. The van der Waals surface area contributed by atoms with Crippen LogP contribution in [0, 0.1) is 5.92 Å². The molecule has 4 heteroatoms. The smallest absolute Gasteiger partial charge is 0.307 e. The van der Waals surface area contributed by atoms with Gasteiger partial charge in [0.05, 0.1) is 12.3 Å². The number of rotatable bonds is 6. The molecule has 84 valence electrons. The molecule has 1 atom stereocenters. The number of carbonyl (C=O) groups is 2. The fraction of sp³-hybridized carbons (Fsp3) is 0.800. The highest BCUT2D eigenvalue weighted by molar-refractivity contribution is 5.77. The molecule has 1 unspecified atom stereocenters. The van der Waals surface area contributed by atoms with E-state index in [0.29, 0.717) is 6.42 Å². The molecule has 0 saturated heterocycles. The molecule has 0 aliphatic rings. The lowest BCUT2D eigenvalue weighted by Crippen LogP contribution is -2.17. The Morgan fingerprint density at radius 3 is 2.00 bits per heavy atom. The van der Waals surface area contributed by atoms with Gasteiger partial charge in [0, 0.05) is 0 Å². The molecule has 0 aromatic heterocycles. The first-order chi connectivity index (χ1) is 6.57. The minimum absolute atomic E-state index is 0.269. The molecule has 0 saturated carbocycles. The zero-order chi connectivity index (χ0) is 11.6. The number of unbranched alkanes of at least 4 members (excludes halogenated alkanes) is 1. The highest BCUT2D eigenvalue weighted by Gasteiger charge is 2.19. The van der Waals surface area contributed by atoms with Crippen LogP contribution in [0.25, 0.3) is 0 Å². The van der Waals surface area contributed by atoms with Crippen LogP contribution in [0.4, 0.5) is 0 Å². The second-order valence-electron chi connectivity index (χ2n) is 2.78. The summed E-state index contributed by atoms with van der Waals surface area (Å²) in [5.74, 6) is -2.77. The van der Waals surface area contributed by atoms with E-state index < -0.39 is 17.9 Å². The Kier molecular flexibility index (Phi) is 11.0. The molecule has 14 heavy (non-hydrogen) atoms. The van der Waals surface area contributed by atoms with Crippen LogP contribution in [-0.4, -0.2) is 22.2 Å². The summed E-state index contributed by atoms with van der Waals surface area (Å²) in [7, 11) is 0. The topological polar surface area (TPSA) is 74.6 Å². The molecular formula is C10H20O4. The van der Waals surface area contributed by atoms with E-state index >= 15 is 0 Å². The first-order valence-electron chi connectivity index (χ1n) is 5.02. The summed E-state index contributed by atoms with van der Waals surface area (Å²) >= 11 is 0. The maximum atomic E-state index is 10.5. The van der Waals surface area contributed by atoms with E-state index in [1.54, 1.807) is 0 Å². The number of aliphatic carboxylic acids is 2. The van der Waals surface area contributed by atoms with Gasteiger partial charge in [0.1, 0.15) is 0 Å². The Bertz CT molecular complexity index is 166. The van der Waals surface area contributed by atoms with Gasteiger partial charge in [-0.05, 0) is 6.42 Å². The third-order valence-corrected chi connectivity index (χ3v) is 1.68. The highest BCUT2D eigenvalue weighted by atomic mass is 16.4. The zero-order valence-corrected chi connectivity index (χ0v) is 9.12. The van der Waals surface area contributed by atoms with E-state index in [2.05, 4.69) is 0 Å². The maximum Gasteiger partial charge on any atom is 0.307 e. The van der Waals surface area contributed by atoms with E-state index in [0.717, 1.165) is 12.8 Å². The third-order valence-electron chi connectivity index (χ3n) is 1.68. The minimum atomic E-state index is -1.04. The average Bonchev–Trinajstić information content (AvgIpc) is 2.14.